The molecule has 0 aliphatic heterocycles. The van der Waals surface area contributed by atoms with Crippen molar-refractivity contribution in [3.63, 3.8) is 0 Å². The third kappa shape index (κ3) is 5.53. The Morgan fingerprint density at radius 1 is 1.18 bits per heavy atom. The summed E-state index contributed by atoms with van der Waals surface area (Å²) >= 11 is 13.6. The van der Waals surface area contributed by atoms with Crippen LogP contribution in [0.2, 0.25) is 9.36 Å². The van der Waals surface area contributed by atoms with Crippen molar-refractivity contribution >= 4 is 57.3 Å². The Hall–Kier alpha value is -3.57. The lowest BCUT2D eigenvalue weighted by Gasteiger charge is -2.24. The van der Waals surface area contributed by atoms with Crippen molar-refractivity contribution in [1.82, 2.24) is 19.9 Å². The van der Waals surface area contributed by atoms with Gasteiger partial charge in [0.25, 0.3) is 0 Å². The van der Waals surface area contributed by atoms with E-state index >= 15 is 0 Å². The number of amides is 1. The molecule has 4 N–H and O–H groups in total. The minimum Gasteiger partial charge on any atom is -0.389 e. The van der Waals surface area contributed by atoms with E-state index in [9.17, 15) is 15.0 Å². The van der Waals surface area contributed by atoms with Gasteiger partial charge in [0.15, 0.2) is 5.65 Å². The predicted molar refractivity (Wildman–Crippen MR) is 157 cm³/mol. The van der Waals surface area contributed by atoms with Crippen LogP contribution in [-0.2, 0) is 11.3 Å². The number of anilines is 1. The molecule has 3 aromatic heterocycles. The lowest BCUT2D eigenvalue weighted by molar-refractivity contribution is -0.129. The molecule has 11 heteroatoms. The molecule has 0 bridgehead atoms. The maximum Gasteiger partial charge on any atom is 0.225 e. The Balaban J connectivity index is 1.60. The van der Waals surface area contributed by atoms with Gasteiger partial charge >= 0.3 is 0 Å². The summed E-state index contributed by atoms with van der Waals surface area (Å²) in [5.74, 6) is 6.93. The van der Waals surface area contributed by atoms with Crippen LogP contribution < -0.4 is 10.6 Å². The number of nitrogens with one attached hydrogen (secondary N) is 2. The van der Waals surface area contributed by atoms with Crippen molar-refractivity contribution in [2.45, 2.75) is 31.2 Å². The number of aliphatic hydroxyl groups excluding tert-OH is 2. The van der Waals surface area contributed by atoms with Crippen molar-refractivity contribution in [2.24, 2.45) is 11.8 Å². The number of aliphatic hydroxyl groups is 2. The standard InChI is InChI=1S/C29H25Cl2N5O3S/c1-3-5-20-23(29(39)32-2)26(37)27(38)25(20)36-15-34-24-21(33-14-16-6-4-7-17(30)12-16)13-18(35-28(24)36)8-9-19-10-11-22(31)40-19/h1,4,6-7,10-13,15,20,23,25-27,37-38H,5,14H2,2H3,(H,32,39)(H,33,35)/t20-,23-,25+,26+,27-/m0/s1. The number of hydrogen-bond acceptors (Lipinski definition) is 7. The number of terminal acetylenes is 1. The first-order chi connectivity index (χ1) is 19.3. The molecule has 40 heavy (non-hydrogen) atoms. The number of halogens is 2. The molecule has 5 rings (SSSR count). The lowest BCUT2D eigenvalue weighted by atomic mass is 9.89. The highest BCUT2D eigenvalue weighted by atomic mass is 35.5. The van der Waals surface area contributed by atoms with E-state index in [4.69, 9.17) is 34.6 Å². The Bertz CT molecular complexity index is 1670. The van der Waals surface area contributed by atoms with Gasteiger partial charge in [-0.3, -0.25) is 4.79 Å². The number of hydrogen-bond donors (Lipinski definition) is 4. The molecule has 0 unspecified atom stereocenters. The van der Waals surface area contributed by atoms with E-state index in [1.54, 1.807) is 23.0 Å². The Kier molecular flexibility index (Phi) is 8.32. The van der Waals surface area contributed by atoms with E-state index in [-0.39, 0.29) is 6.42 Å². The Morgan fingerprint density at radius 3 is 2.70 bits per heavy atom. The maximum absolute atomic E-state index is 12.7. The summed E-state index contributed by atoms with van der Waals surface area (Å²) in [5, 5.41) is 28.6. The summed E-state index contributed by atoms with van der Waals surface area (Å²) in [5.41, 5.74) is 3.06. The van der Waals surface area contributed by atoms with Gasteiger partial charge in [-0.25, -0.2) is 9.97 Å². The SMILES string of the molecule is C#CC[C@H]1[C@H](C(=O)NC)[C@@H](O)[C@@H](O)[C@@H]1n1cnc2c(NCc3cccc(Cl)c3)cc(C#Cc3ccc(Cl)s3)nc21. The number of pyridine rings is 1. The fourth-order valence-corrected chi connectivity index (χ4v) is 6.29. The van der Waals surface area contributed by atoms with Gasteiger partial charge in [-0.2, -0.15) is 0 Å². The Labute approximate surface area is 245 Å². The van der Waals surface area contributed by atoms with Gasteiger partial charge in [0.05, 0.1) is 39.3 Å². The van der Waals surface area contributed by atoms with Crippen molar-refractivity contribution in [1.29, 1.82) is 0 Å². The molecule has 3 heterocycles. The van der Waals surface area contributed by atoms with Gasteiger partial charge in [0.2, 0.25) is 5.91 Å². The summed E-state index contributed by atoms with van der Waals surface area (Å²) in [6, 6.07) is 12.2. The second-order valence-corrected chi connectivity index (χ2v) is 11.6. The molecule has 1 fully saturated rings. The van der Waals surface area contributed by atoms with Crippen LogP contribution in [0.1, 0.15) is 28.6 Å². The summed E-state index contributed by atoms with van der Waals surface area (Å²) in [4.78, 5) is 22.8. The molecule has 4 aromatic rings. The smallest absolute Gasteiger partial charge is 0.225 e. The number of nitrogens with zero attached hydrogens (tertiary/aromatic N) is 3. The van der Waals surface area contributed by atoms with E-state index in [0.29, 0.717) is 38.4 Å². The number of carbonyl (C=O) groups excluding carboxylic acids is 1. The van der Waals surface area contributed by atoms with E-state index in [1.807, 2.05) is 30.3 Å². The fourth-order valence-electron chi connectivity index (χ4n) is 5.18. The zero-order chi connectivity index (χ0) is 28.4. The zero-order valence-electron chi connectivity index (χ0n) is 21.3. The lowest BCUT2D eigenvalue weighted by Crippen LogP contribution is -2.38. The largest absolute Gasteiger partial charge is 0.389 e. The maximum atomic E-state index is 12.7. The third-order valence-electron chi connectivity index (χ3n) is 6.98. The second-order valence-electron chi connectivity index (χ2n) is 9.40. The average Bonchev–Trinajstić information content (AvgIpc) is 3.62. The van der Waals surface area contributed by atoms with Gasteiger partial charge in [-0.05, 0) is 47.7 Å². The van der Waals surface area contributed by atoms with Crippen molar-refractivity contribution in [2.75, 3.05) is 12.4 Å². The van der Waals surface area contributed by atoms with Crippen LogP contribution in [0.5, 0.6) is 0 Å². The van der Waals surface area contributed by atoms with Crippen LogP contribution in [0.4, 0.5) is 5.69 Å². The number of benzene rings is 1. The molecule has 1 aliphatic rings. The number of aromatic nitrogens is 3. The number of fused-ring (bicyclic) bond motifs is 1. The molecular weight excluding hydrogens is 569 g/mol. The van der Waals surface area contributed by atoms with Crippen LogP contribution in [-0.4, -0.2) is 49.9 Å². The van der Waals surface area contributed by atoms with E-state index in [2.05, 4.69) is 33.4 Å². The first-order valence-electron chi connectivity index (χ1n) is 12.4. The molecular formula is C29H25Cl2N5O3S. The highest BCUT2D eigenvalue weighted by Crippen LogP contribution is 2.44. The highest BCUT2D eigenvalue weighted by Gasteiger charge is 2.53. The molecule has 204 valence electrons. The number of carbonyl (C=O) groups is 1. The third-order valence-corrected chi connectivity index (χ3v) is 8.36. The van der Waals surface area contributed by atoms with E-state index in [0.717, 1.165) is 10.4 Å². The van der Waals surface area contributed by atoms with Crippen molar-refractivity contribution in [3.05, 3.63) is 74.3 Å². The summed E-state index contributed by atoms with van der Waals surface area (Å²) in [7, 11) is 1.49. The van der Waals surface area contributed by atoms with Crippen LogP contribution in [0.3, 0.4) is 0 Å². The molecule has 1 amide bonds. The van der Waals surface area contributed by atoms with Crippen molar-refractivity contribution < 1.29 is 15.0 Å². The minimum absolute atomic E-state index is 0.162. The molecule has 5 atom stereocenters. The number of rotatable bonds is 6. The summed E-state index contributed by atoms with van der Waals surface area (Å²) in [6.45, 7) is 0.461. The van der Waals surface area contributed by atoms with E-state index in [1.165, 1.54) is 18.4 Å². The van der Waals surface area contributed by atoms with Crippen LogP contribution >= 0.6 is 34.5 Å². The Morgan fingerprint density at radius 2 is 2.00 bits per heavy atom. The zero-order valence-corrected chi connectivity index (χ0v) is 23.6. The van der Waals surface area contributed by atoms with Gasteiger partial charge in [-0.15, -0.1) is 23.7 Å². The van der Waals surface area contributed by atoms with Gasteiger partial charge in [0.1, 0.15) is 17.3 Å². The first-order valence-corrected chi connectivity index (χ1v) is 14.0. The van der Waals surface area contributed by atoms with Crippen LogP contribution in [0.15, 0.2) is 48.8 Å². The molecule has 1 saturated carbocycles. The van der Waals surface area contributed by atoms with Crippen LogP contribution in [0, 0.1) is 36.0 Å². The first kappa shape index (κ1) is 28.0. The molecule has 0 spiro atoms. The highest BCUT2D eigenvalue weighted by molar-refractivity contribution is 7.16. The second kappa shape index (κ2) is 11.9. The molecule has 1 aromatic carbocycles. The number of thiophene rings is 1. The predicted octanol–water partition coefficient (Wildman–Crippen LogP) is 4.09. The fraction of sp³-hybridized carbons (Fsp3) is 0.276. The van der Waals surface area contributed by atoms with Gasteiger partial charge < -0.3 is 25.4 Å². The number of imidazole rings is 1. The summed E-state index contributed by atoms with van der Waals surface area (Å²) in [6.07, 6.45) is 4.78. The molecule has 0 saturated heterocycles. The minimum atomic E-state index is -1.31. The monoisotopic (exact) mass is 593 g/mol. The quantitative estimate of drug-likeness (QED) is 0.251. The molecule has 1 aliphatic carbocycles. The molecule has 0 radical (unpaired) electrons. The summed E-state index contributed by atoms with van der Waals surface area (Å²) < 4.78 is 2.32. The van der Waals surface area contributed by atoms with Gasteiger partial charge in [0, 0.05) is 31.0 Å². The average molecular weight is 595 g/mol. The van der Waals surface area contributed by atoms with Gasteiger partial charge in [-0.1, -0.05) is 35.3 Å². The molecule has 8 nitrogen and oxygen atoms in total. The van der Waals surface area contributed by atoms with Crippen LogP contribution in [0.25, 0.3) is 11.2 Å². The van der Waals surface area contributed by atoms with E-state index < -0.39 is 36.0 Å². The normalized spacial score (nSPS) is 21.9. The topological polar surface area (TPSA) is 112 Å². The van der Waals surface area contributed by atoms with Crippen molar-refractivity contribution in [3.8, 4) is 24.2 Å².